The van der Waals surface area contributed by atoms with Gasteiger partial charge in [-0.2, -0.15) is 0 Å². The standard InChI is InChI=1S/C10H10FN3S/c1-7-14-8(6-15-7)5-13-10-9(11)3-2-4-12-10/h2-4,6H,5H2,1H3,(H,12,13). The van der Waals surface area contributed by atoms with Crippen LogP contribution in [0.5, 0.6) is 0 Å². The quantitative estimate of drug-likeness (QED) is 0.869. The van der Waals surface area contributed by atoms with Gasteiger partial charge in [-0.05, 0) is 19.1 Å². The van der Waals surface area contributed by atoms with Crippen molar-refractivity contribution in [2.24, 2.45) is 0 Å². The van der Waals surface area contributed by atoms with Gasteiger partial charge < -0.3 is 5.32 Å². The maximum Gasteiger partial charge on any atom is 0.165 e. The molecule has 0 atom stereocenters. The monoisotopic (exact) mass is 223 g/mol. The number of aromatic nitrogens is 2. The van der Waals surface area contributed by atoms with Gasteiger partial charge in [0, 0.05) is 11.6 Å². The molecule has 0 bridgehead atoms. The van der Waals surface area contributed by atoms with Gasteiger partial charge in [0.25, 0.3) is 0 Å². The summed E-state index contributed by atoms with van der Waals surface area (Å²) in [5.41, 5.74) is 0.905. The van der Waals surface area contributed by atoms with E-state index in [0.717, 1.165) is 10.7 Å². The van der Waals surface area contributed by atoms with Crippen molar-refractivity contribution in [2.75, 3.05) is 5.32 Å². The molecule has 0 fully saturated rings. The summed E-state index contributed by atoms with van der Waals surface area (Å²) < 4.78 is 13.2. The van der Waals surface area contributed by atoms with Crippen LogP contribution < -0.4 is 5.32 Å². The summed E-state index contributed by atoms with van der Waals surface area (Å²) in [4.78, 5) is 8.15. The zero-order chi connectivity index (χ0) is 10.7. The molecule has 15 heavy (non-hydrogen) atoms. The fourth-order valence-electron chi connectivity index (χ4n) is 1.18. The summed E-state index contributed by atoms with van der Waals surface area (Å²) in [6, 6.07) is 2.94. The minimum atomic E-state index is -0.343. The predicted molar refractivity (Wildman–Crippen MR) is 58.4 cm³/mol. The highest BCUT2D eigenvalue weighted by atomic mass is 32.1. The SMILES string of the molecule is Cc1nc(CNc2ncccc2F)cs1. The van der Waals surface area contributed by atoms with Gasteiger partial charge in [-0.3, -0.25) is 0 Å². The van der Waals surface area contributed by atoms with Crippen molar-refractivity contribution >= 4 is 17.2 Å². The van der Waals surface area contributed by atoms with E-state index in [1.54, 1.807) is 23.6 Å². The van der Waals surface area contributed by atoms with E-state index in [1.165, 1.54) is 6.07 Å². The van der Waals surface area contributed by atoms with E-state index in [2.05, 4.69) is 15.3 Å². The minimum Gasteiger partial charge on any atom is -0.362 e. The maximum atomic E-state index is 13.2. The normalized spacial score (nSPS) is 10.3. The van der Waals surface area contributed by atoms with Crippen molar-refractivity contribution in [2.45, 2.75) is 13.5 Å². The van der Waals surface area contributed by atoms with Crippen LogP contribution in [0, 0.1) is 12.7 Å². The van der Waals surface area contributed by atoms with E-state index >= 15 is 0 Å². The lowest BCUT2D eigenvalue weighted by atomic mass is 10.4. The van der Waals surface area contributed by atoms with Crippen LogP contribution in [0.15, 0.2) is 23.7 Å². The molecular weight excluding hydrogens is 213 g/mol. The minimum absolute atomic E-state index is 0.267. The van der Waals surface area contributed by atoms with Crippen LogP contribution in [0.4, 0.5) is 10.2 Å². The molecule has 0 aliphatic rings. The lowest BCUT2D eigenvalue weighted by Crippen LogP contribution is -2.03. The van der Waals surface area contributed by atoms with Crippen molar-refractivity contribution < 1.29 is 4.39 Å². The van der Waals surface area contributed by atoms with Gasteiger partial charge in [0.1, 0.15) is 0 Å². The highest BCUT2D eigenvalue weighted by Gasteiger charge is 2.02. The third-order valence-corrected chi connectivity index (χ3v) is 2.68. The van der Waals surface area contributed by atoms with E-state index in [-0.39, 0.29) is 11.6 Å². The number of nitrogens with zero attached hydrogens (tertiary/aromatic N) is 2. The molecule has 0 aliphatic heterocycles. The van der Waals surface area contributed by atoms with Crippen molar-refractivity contribution in [1.29, 1.82) is 0 Å². The Morgan fingerprint density at radius 1 is 1.53 bits per heavy atom. The van der Waals surface area contributed by atoms with Gasteiger partial charge >= 0.3 is 0 Å². The number of anilines is 1. The second-order valence-corrected chi connectivity index (χ2v) is 4.11. The van der Waals surface area contributed by atoms with Crippen molar-refractivity contribution in [3.8, 4) is 0 Å². The van der Waals surface area contributed by atoms with Crippen molar-refractivity contribution in [3.63, 3.8) is 0 Å². The molecule has 2 rings (SSSR count). The van der Waals surface area contributed by atoms with Crippen LogP contribution in [0.3, 0.4) is 0 Å². The number of halogens is 1. The van der Waals surface area contributed by atoms with Crippen LogP contribution in [0.25, 0.3) is 0 Å². The molecule has 0 spiro atoms. The fourth-order valence-corrected chi connectivity index (χ4v) is 1.79. The molecule has 3 nitrogen and oxygen atoms in total. The summed E-state index contributed by atoms with van der Waals surface area (Å²) in [6.45, 7) is 2.44. The van der Waals surface area contributed by atoms with Gasteiger partial charge in [0.15, 0.2) is 11.6 Å². The smallest absolute Gasteiger partial charge is 0.165 e. The van der Waals surface area contributed by atoms with Crippen molar-refractivity contribution in [1.82, 2.24) is 9.97 Å². The van der Waals surface area contributed by atoms with Crippen LogP contribution in [0.2, 0.25) is 0 Å². The van der Waals surface area contributed by atoms with Crippen LogP contribution in [-0.4, -0.2) is 9.97 Å². The van der Waals surface area contributed by atoms with Crippen molar-refractivity contribution in [3.05, 3.63) is 40.2 Å². The van der Waals surface area contributed by atoms with E-state index in [0.29, 0.717) is 6.54 Å². The summed E-state index contributed by atoms with van der Waals surface area (Å²) in [6.07, 6.45) is 1.55. The summed E-state index contributed by atoms with van der Waals surface area (Å²) in [7, 11) is 0. The summed E-state index contributed by atoms with van der Waals surface area (Å²) >= 11 is 1.58. The molecule has 0 saturated carbocycles. The Kier molecular flexibility index (Phi) is 2.91. The molecule has 0 aromatic carbocycles. The maximum absolute atomic E-state index is 13.2. The topological polar surface area (TPSA) is 37.8 Å². The Hall–Kier alpha value is -1.49. The predicted octanol–water partition coefficient (Wildman–Crippen LogP) is 2.60. The highest BCUT2D eigenvalue weighted by molar-refractivity contribution is 7.09. The molecule has 0 radical (unpaired) electrons. The second kappa shape index (κ2) is 4.35. The Labute approximate surface area is 91.0 Å². The third-order valence-electron chi connectivity index (χ3n) is 1.86. The first kappa shape index (κ1) is 10.0. The number of nitrogens with one attached hydrogen (secondary N) is 1. The van der Waals surface area contributed by atoms with Gasteiger partial charge in [-0.15, -0.1) is 11.3 Å². The van der Waals surface area contributed by atoms with E-state index in [9.17, 15) is 4.39 Å². The molecule has 0 saturated heterocycles. The number of hydrogen-bond acceptors (Lipinski definition) is 4. The van der Waals surface area contributed by atoms with Gasteiger partial charge in [-0.1, -0.05) is 0 Å². The zero-order valence-corrected chi connectivity index (χ0v) is 9.01. The molecule has 2 heterocycles. The van der Waals surface area contributed by atoms with E-state index in [1.807, 2.05) is 12.3 Å². The first-order chi connectivity index (χ1) is 7.25. The highest BCUT2D eigenvalue weighted by Crippen LogP contribution is 2.12. The van der Waals surface area contributed by atoms with Crippen LogP contribution >= 0.6 is 11.3 Å². The molecule has 0 aliphatic carbocycles. The summed E-state index contributed by atoms with van der Waals surface area (Å²) in [5, 5.41) is 5.86. The Balaban J connectivity index is 2.02. The van der Waals surface area contributed by atoms with E-state index in [4.69, 9.17) is 0 Å². The van der Waals surface area contributed by atoms with Crippen LogP contribution in [-0.2, 0) is 6.54 Å². The molecule has 1 N–H and O–H groups in total. The molecule has 0 amide bonds. The number of hydrogen-bond donors (Lipinski definition) is 1. The lowest BCUT2D eigenvalue weighted by molar-refractivity contribution is 0.624. The van der Waals surface area contributed by atoms with Gasteiger partial charge in [0.2, 0.25) is 0 Å². The molecular formula is C10H10FN3S. The van der Waals surface area contributed by atoms with Gasteiger partial charge in [-0.25, -0.2) is 14.4 Å². The lowest BCUT2D eigenvalue weighted by Gasteiger charge is -2.03. The molecule has 2 aromatic rings. The molecule has 5 heteroatoms. The Morgan fingerprint density at radius 2 is 2.40 bits per heavy atom. The largest absolute Gasteiger partial charge is 0.362 e. The zero-order valence-electron chi connectivity index (χ0n) is 8.20. The van der Waals surface area contributed by atoms with Crippen LogP contribution in [0.1, 0.15) is 10.7 Å². The van der Waals surface area contributed by atoms with Gasteiger partial charge in [0.05, 0.1) is 17.2 Å². The number of rotatable bonds is 3. The first-order valence-electron chi connectivity index (χ1n) is 4.51. The molecule has 0 unspecified atom stereocenters. The molecule has 78 valence electrons. The Bertz CT molecular complexity index is 455. The number of aryl methyl sites for hydroxylation is 1. The average molecular weight is 223 g/mol. The Morgan fingerprint density at radius 3 is 3.07 bits per heavy atom. The van der Waals surface area contributed by atoms with E-state index < -0.39 is 0 Å². The number of thiazole rings is 1. The summed E-state index contributed by atoms with van der Waals surface area (Å²) in [5.74, 6) is -0.0763. The molecule has 2 aromatic heterocycles. The first-order valence-corrected chi connectivity index (χ1v) is 5.39. The average Bonchev–Trinajstić information content (AvgIpc) is 2.63. The number of pyridine rings is 1. The third kappa shape index (κ3) is 2.50. The second-order valence-electron chi connectivity index (χ2n) is 3.05. The fraction of sp³-hybridized carbons (Fsp3) is 0.200.